The average molecular weight is 553 g/mol. The SMILES string of the molecule is CC1CCCC(C)C1c1cc(-c2ccccc2)c2ccc3c(-c4ccccc4)cc(C4C(C)CCCC4C)nc3c2n1. The van der Waals surface area contributed by atoms with Gasteiger partial charge in [0.2, 0.25) is 0 Å². The van der Waals surface area contributed by atoms with E-state index >= 15 is 0 Å². The highest BCUT2D eigenvalue weighted by molar-refractivity contribution is 6.12. The molecule has 4 atom stereocenters. The molecule has 0 bridgehead atoms. The lowest BCUT2D eigenvalue weighted by atomic mass is 9.71. The van der Waals surface area contributed by atoms with Gasteiger partial charge in [0.05, 0.1) is 11.0 Å². The van der Waals surface area contributed by atoms with Crippen LogP contribution in [0.1, 0.15) is 89.4 Å². The van der Waals surface area contributed by atoms with Crippen molar-refractivity contribution in [2.45, 2.75) is 78.1 Å². The Labute approximate surface area is 251 Å². The van der Waals surface area contributed by atoms with Crippen molar-refractivity contribution >= 4 is 21.8 Å². The Morgan fingerprint density at radius 1 is 0.476 bits per heavy atom. The Morgan fingerprint density at radius 2 is 0.833 bits per heavy atom. The molecule has 3 aromatic carbocycles. The predicted octanol–water partition coefficient (Wildman–Crippen LogP) is 11.2. The summed E-state index contributed by atoms with van der Waals surface area (Å²) in [6.07, 6.45) is 7.77. The van der Waals surface area contributed by atoms with Gasteiger partial charge in [-0.1, -0.05) is 139 Å². The topological polar surface area (TPSA) is 25.8 Å². The Hall–Kier alpha value is -3.52. The van der Waals surface area contributed by atoms with Gasteiger partial charge in [0.25, 0.3) is 0 Å². The normalized spacial score (nSPS) is 26.5. The fourth-order valence-electron chi connectivity index (χ4n) is 8.60. The van der Waals surface area contributed by atoms with Gasteiger partial charge >= 0.3 is 0 Å². The summed E-state index contributed by atoms with van der Waals surface area (Å²) < 4.78 is 0. The van der Waals surface area contributed by atoms with Crippen LogP contribution in [0.15, 0.2) is 84.9 Å². The van der Waals surface area contributed by atoms with Crippen LogP contribution in [0, 0.1) is 23.7 Å². The first-order valence-electron chi connectivity index (χ1n) is 16.4. The minimum absolute atomic E-state index is 0.469. The summed E-state index contributed by atoms with van der Waals surface area (Å²) in [4.78, 5) is 11.2. The zero-order chi connectivity index (χ0) is 28.8. The number of rotatable bonds is 4. The molecule has 0 aliphatic heterocycles. The molecule has 2 aromatic heterocycles. The molecular weight excluding hydrogens is 508 g/mol. The van der Waals surface area contributed by atoms with Crippen LogP contribution in [0.2, 0.25) is 0 Å². The maximum absolute atomic E-state index is 5.61. The summed E-state index contributed by atoms with van der Waals surface area (Å²) in [7, 11) is 0. The molecular formula is C40H44N2. The molecule has 2 fully saturated rings. The monoisotopic (exact) mass is 552 g/mol. The lowest BCUT2D eigenvalue weighted by Crippen LogP contribution is -2.24. The van der Waals surface area contributed by atoms with E-state index in [0.717, 1.165) is 11.0 Å². The number of hydrogen-bond donors (Lipinski definition) is 0. The summed E-state index contributed by atoms with van der Waals surface area (Å²) >= 11 is 0. The predicted molar refractivity (Wildman–Crippen MR) is 178 cm³/mol. The smallest absolute Gasteiger partial charge is 0.0974 e. The molecule has 0 spiro atoms. The molecule has 0 N–H and O–H groups in total. The summed E-state index contributed by atoms with van der Waals surface area (Å²) in [6.45, 7) is 9.75. The molecule has 2 heteroatoms. The molecule has 2 aliphatic carbocycles. The van der Waals surface area contributed by atoms with Crippen LogP contribution in [0.25, 0.3) is 44.1 Å². The molecule has 0 saturated heterocycles. The zero-order valence-electron chi connectivity index (χ0n) is 25.7. The van der Waals surface area contributed by atoms with Gasteiger partial charge < -0.3 is 0 Å². The highest BCUT2D eigenvalue weighted by atomic mass is 14.8. The number of benzene rings is 3. The molecule has 2 aliphatic rings. The van der Waals surface area contributed by atoms with Gasteiger partial charge in [-0.2, -0.15) is 0 Å². The first-order valence-corrected chi connectivity index (χ1v) is 16.4. The zero-order valence-corrected chi connectivity index (χ0v) is 25.7. The molecule has 214 valence electrons. The fraction of sp³-hybridized carbons (Fsp3) is 0.400. The third-order valence-electron chi connectivity index (χ3n) is 10.7. The lowest BCUT2D eigenvalue weighted by molar-refractivity contribution is 0.245. The summed E-state index contributed by atoms with van der Waals surface area (Å²) in [5, 5.41) is 2.42. The Bertz CT molecular complexity index is 1560. The van der Waals surface area contributed by atoms with E-state index < -0.39 is 0 Å². The second-order valence-corrected chi connectivity index (χ2v) is 13.6. The van der Waals surface area contributed by atoms with Crippen molar-refractivity contribution in [1.82, 2.24) is 9.97 Å². The molecule has 5 aromatic rings. The van der Waals surface area contributed by atoms with Crippen LogP contribution >= 0.6 is 0 Å². The standard InChI is InChI=1S/C40H44N2/c1-25-13-11-14-26(2)37(25)35-23-33(29-17-7-5-8-18-29)31-21-22-32-34(30-19-9-6-10-20-30)24-36(42-40(32)39(31)41-35)38-27(3)15-12-16-28(38)4/h5-10,17-28,37-38H,11-16H2,1-4H3. The van der Waals surface area contributed by atoms with Crippen LogP contribution in [0.3, 0.4) is 0 Å². The Morgan fingerprint density at radius 3 is 1.19 bits per heavy atom. The van der Waals surface area contributed by atoms with Gasteiger partial charge in [0.15, 0.2) is 0 Å². The van der Waals surface area contributed by atoms with Gasteiger partial charge in [-0.3, -0.25) is 9.97 Å². The molecule has 7 rings (SSSR count). The van der Waals surface area contributed by atoms with Crippen molar-refractivity contribution in [1.29, 1.82) is 0 Å². The number of hydrogen-bond acceptors (Lipinski definition) is 2. The van der Waals surface area contributed by atoms with Gasteiger partial charge in [0.1, 0.15) is 0 Å². The van der Waals surface area contributed by atoms with Crippen LogP contribution in [-0.4, -0.2) is 9.97 Å². The van der Waals surface area contributed by atoms with E-state index in [9.17, 15) is 0 Å². The van der Waals surface area contributed by atoms with E-state index in [0.29, 0.717) is 35.5 Å². The second kappa shape index (κ2) is 11.3. The third-order valence-corrected chi connectivity index (χ3v) is 10.7. The Balaban J connectivity index is 1.56. The highest BCUT2D eigenvalue weighted by Crippen LogP contribution is 2.46. The van der Waals surface area contributed by atoms with Crippen molar-refractivity contribution in [3.05, 3.63) is 96.3 Å². The second-order valence-electron chi connectivity index (χ2n) is 13.6. The molecule has 42 heavy (non-hydrogen) atoms. The highest BCUT2D eigenvalue weighted by Gasteiger charge is 2.33. The van der Waals surface area contributed by atoms with Gasteiger partial charge in [-0.15, -0.1) is 0 Å². The lowest BCUT2D eigenvalue weighted by Gasteiger charge is -2.35. The molecule has 2 heterocycles. The van der Waals surface area contributed by atoms with Crippen LogP contribution in [0.5, 0.6) is 0 Å². The van der Waals surface area contributed by atoms with Crippen molar-refractivity contribution in [3.63, 3.8) is 0 Å². The number of aromatic nitrogens is 2. The molecule has 2 nitrogen and oxygen atoms in total. The maximum atomic E-state index is 5.61. The summed E-state index contributed by atoms with van der Waals surface area (Å²) in [5.41, 5.74) is 9.74. The van der Waals surface area contributed by atoms with E-state index in [2.05, 4.69) is 113 Å². The molecule has 4 unspecified atom stereocenters. The van der Waals surface area contributed by atoms with Crippen molar-refractivity contribution in [3.8, 4) is 22.3 Å². The van der Waals surface area contributed by atoms with E-state index in [1.807, 2.05) is 0 Å². The summed E-state index contributed by atoms with van der Waals surface area (Å²) in [6, 6.07) is 31.3. The van der Waals surface area contributed by atoms with Gasteiger partial charge in [-0.05, 0) is 58.1 Å². The van der Waals surface area contributed by atoms with Gasteiger partial charge in [0, 0.05) is 34.0 Å². The number of nitrogens with zero attached hydrogens (tertiary/aromatic N) is 2. The first-order chi connectivity index (χ1) is 20.5. The fourth-order valence-corrected chi connectivity index (χ4v) is 8.60. The third kappa shape index (κ3) is 4.83. The molecule has 2 saturated carbocycles. The average Bonchev–Trinajstić information content (AvgIpc) is 3.01. The maximum Gasteiger partial charge on any atom is 0.0974 e. The quantitative estimate of drug-likeness (QED) is 0.207. The van der Waals surface area contributed by atoms with E-state index in [1.165, 1.54) is 82.9 Å². The van der Waals surface area contributed by atoms with Crippen LogP contribution in [0.4, 0.5) is 0 Å². The largest absolute Gasteiger partial charge is 0.250 e. The first kappa shape index (κ1) is 27.3. The van der Waals surface area contributed by atoms with Crippen molar-refractivity contribution < 1.29 is 0 Å². The molecule has 0 radical (unpaired) electrons. The van der Waals surface area contributed by atoms with Gasteiger partial charge in [-0.25, -0.2) is 0 Å². The number of fused-ring (bicyclic) bond motifs is 3. The van der Waals surface area contributed by atoms with E-state index in [-0.39, 0.29) is 0 Å². The Kier molecular flexibility index (Phi) is 7.34. The van der Waals surface area contributed by atoms with E-state index in [4.69, 9.17) is 9.97 Å². The minimum Gasteiger partial charge on any atom is -0.250 e. The van der Waals surface area contributed by atoms with E-state index in [1.54, 1.807) is 0 Å². The summed E-state index contributed by atoms with van der Waals surface area (Å²) in [5.74, 6) is 3.45. The molecule has 0 amide bonds. The van der Waals surface area contributed by atoms with Crippen LogP contribution in [-0.2, 0) is 0 Å². The van der Waals surface area contributed by atoms with Crippen LogP contribution < -0.4 is 0 Å². The van der Waals surface area contributed by atoms with Crippen molar-refractivity contribution in [2.75, 3.05) is 0 Å². The minimum atomic E-state index is 0.469. The van der Waals surface area contributed by atoms with Crippen molar-refractivity contribution in [2.24, 2.45) is 23.7 Å². The number of pyridine rings is 2.